The topological polar surface area (TPSA) is 63.7 Å². The molecular weight excluding hydrogens is 357 g/mol. The molecule has 0 bridgehead atoms. The van der Waals surface area contributed by atoms with Gasteiger partial charge in [-0.2, -0.15) is 4.31 Å². The van der Waals surface area contributed by atoms with E-state index in [9.17, 15) is 17.6 Å². The van der Waals surface area contributed by atoms with Crippen molar-refractivity contribution in [3.8, 4) is 0 Å². The van der Waals surface area contributed by atoms with E-state index in [4.69, 9.17) is 16.3 Å². The largest absolute Gasteiger partial charge is 0.460 e. The van der Waals surface area contributed by atoms with Crippen molar-refractivity contribution in [3.63, 3.8) is 0 Å². The summed E-state index contributed by atoms with van der Waals surface area (Å²) in [6.45, 7) is -0.521. The number of carbonyl (C=O) groups is 1. The third-order valence-electron chi connectivity index (χ3n) is 3.22. The van der Waals surface area contributed by atoms with Crippen LogP contribution in [0.25, 0.3) is 0 Å². The Morgan fingerprint density at radius 3 is 2.42 bits per heavy atom. The molecule has 24 heavy (non-hydrogen) atoms. The fourth-order valence-electron chi connectivity index (χ4n) is 1.87. The zero-order valence-electron chi connectivity index (χ0n) is 12.8. The first-order valence-corrected chi connectivity index (χ1v) is 8.73. The minimum atomic E-state index is -3.90. The van der Waals surface area contributed by atoms with Gasteiger partial charge in [-0.3, -0.25) is 4.79 Å². The summed E-state index contributed by atoms with van der Waals surface area (Å²) in [5.41, 5.74) is 0.622. The Bertz CT molecular complexity index is 824. The second kappa shape index (κ2) is 7.74. The number of hydrogen-bond acceptors (Lipinski definition) is 4. The van der Waals surface area contributed by atoms with E-state index in [0.29, 0.717) is 10.6 Å². The average molecular weight is 372 g/mol. The van der Waals surface area contributed by atoms with Crippen LogP contribution in [0.15, 0.2) is 53.4 Å². The number of hydrogen-bond donors (Lipinski definition) is 0. The van der Waals surface area contributed by atoms with Gasteiger partial charge in [0.25, 0.3) is 0 Å². The maximum atomic E-state index is 12.9. The Labute approximate surface area is 144 Å². The van der Waals surface area contributed by atoms with Gasteiger partial charge in [0.1, 0.15) is 19.0 Å². The first kappa shape index (κ1) is 18.4. The quantitative estimate of drug-likeness (QED) is 0.732. The van der Waals surface area contributed by atoms with E-state index in [0.717, 1.165) is 28.6 Å². The lowest BCUT2D eigenvalue weighted by atomic mass is 10.2. The summed E-state index contributed by atoms with van der Waals surface area (Å²) in [5.74, 6) is -1.26. The first-order valence-electron chi connectivity index (χ1n) is 6.91. The highest BCUT2D eigenvalue weighted by atomic mass is 35.5. The summed E-state index contributed by atoms with van der Waals surface area (Å²) >= 11 is 5.95. The van der Waals surface area contributed by atoms with Gasteiger partial charge in [-0.15, -0.1) is 0 Å². The molecule has 5 nitrogen and oxygen atoms in total. The highest BCUT2D eigenvalue weighted by Gasteiger charge is 2.23. The van der Waals surface area contributed by atoms with Gasteiger partial charge in [0.15, 0.2) is 0 Å². The molecule has 0 radical (unpaired) electrons. The normalized spacial score (nSPS) is 11.5. The number of ether oxygens (including phenoxy) is 1. The van der Waals surface area contributed by atoms with E-state index in [2.05, 4.69) is 0 Å². The van der Waals surface area contributed by atoms with Crippen LogP contribution >= 0.6 is 11.6 Å². The molecule has 0 atom stereocenters. The molecule has 0 saturated carbocycles. The highest BCUT2D eigenvalue weighted by molar-refractivity contribution is 7.89. The monoisotopic (exact) mass is 371 g/mol. The molecule has 0 N–H and O–H groups in total. The van der Waals surface area contributed by atoms with Crippen molar-refractivity contribution >= 4 is 27.6 Å². The van der Waals surface area contributed by atoms with Crippen molar-refractivity contribution in [3.05, 3.63) is 64.9 Å². The van der Waals surface area contributed by atoms with Crippen LogP contribution in [-0.2, 0) is 26.2 Å². The number of sulfonamides is 1. The van der Waals surface area contributed by atoms with Crippen LogP contribution in [-0.4, -0.2) is 32.3 Å². The molecule has 0 unspecified atom stereocenters. The molecule has 2 aromatic rings. The maximum Gasteiger partial charge on any atom is 0.321 e. The Morgan fingerprint density at radius 2 is 1.79 bits per heavy atom. The van der Waals surface area contributed by atoms with E-state index in [-0.39, 0.29) is 11.5 Å². The van der Waals surface area contributed by atoms with E-state index < -0.39 is 28.4 Å². The molecule has 0 spiro atoms. The van der Waals surface area contributed by atoms with Gasteiger partial charge in [-0.05, 0) is 30.3 Å². The summed E-state index contributed by atoms with van der Waals surface area (Å²) in [6, 6.07) is 11.2. The molecule has 8 heteroatoms. The van der Waals surface area contributed by atoms with Gasteiger partial charge < -0.3 is 4.74 Å². The third kappa shape index (κ3) is 4.53. The third-order valence-corrected chi connectivity index (χ3v) is 5.41. The van der Waals surface area contributed by atoms with Crippen molar-refractivity contribution in [2.45, 2.75) is 11.5 Å². The Morgan fingerprint density at radius 1 is 1.17 bits per heavy atom. The van der Waals surface area contributed by atoms with Crippen molar-refractivity contribution in [2.24, 2.45) is 0 Å². The molecule has 0 heterocycles. The van der Waals surface area contributed by atoms with Crippen LogP contribution in [0.5, 0.6) is 0 Å². The molecule has 2 rings (SSSR count). The standard InChI is InChI=1S/C16H15ClFNO4S/c1-19(24(21,22)14-8-6-13(18)7-9-14)10-16(20)23-11-12-4-2-3-5-15(12)17/h2-9H,10-11H2,1H3. The molecule has 0 aromatic heterocycles. The summed E-state index contributed by atoms with van der Waals surface area (Å²) in [5, 5.41) is 0.456. The van der Waals surface area contributed by atoms with Crippen molar-refractivity contribution in [1.29, 1.82) is 0 Å². The fraction of sp³-hybridized carbons (Fsp3) is 0.188. The van der Waals surface area contributed by atoms with E-state index in [1.807, 2.05) is 0 Å². The predicted molar refractivity (Wildman–Crippen MR) is 87.5 cm³/mol. The molecule has 128 valence electrons. The van der Waals surface area contributed by atoms with E-state index in [1.165, 1.54) is 7.05 Å². The average Bonchev–Trinajstić information content (AvgIpc) is 2.54. The summed E-state index contributed by atoms with van der Waals surface area (Å²) in [4.78, 5) is 11.7. The number of rotatable bonds is 6. The number of esters is 1. The second-order valence-electron chi connectivity index (χ2n) is 4.97. The molecule has 0 amide bonds. The van der Waals surface area contributed by atoms with Crippen molar-refractivity contribution in [2.75, 3.05) is 13.6 Å². The lowest BCUT2D eigenvalue weighted by Gasteiger charge is -2.16. The Balaban J connectivity index is 1.98. The van der Waals surface area contributed by atoms with Gasteiger partial charge >= 0.3 is 5.97 Å². The molecule has 2 aromatic carbocycles. The fourth-order valence-corrected chi connectivity index (χ4v) is 3.18. The van der Waals surface area contributed by atoms with Crippen LogP contribution in [0.1, 0.15) is 5.56 Å². The first-order chi connectivity index (χ1) is 11.3. The summed E-state index contributed by atoms with van der Waals surface area (Å²) in [6.07, 6.45) is 0. The van der Waals surface area contributed by atoms with E-state index >= 15 is 0 Å². The number of halogens is 2. The van der Waals surface area contributed by atoms with Gasteiger partial charge in [-0.25, -0.2) is 12.8 Å². The van der Waals surface area contributed by atoms with Crippen LogP contribution in [0, 0.1) is 5.82 Å². The minimum Gasteiger partial charge on any atom is -0.460 e. The van der Waals surface area contributed by atoms with Crippen molar-refractivity contribution in [1.82, 2.24) is 4.31 Å². The van der Waals surface area contributed by atoms with Gasteiger partial charge in [0.05, 0.1) is 4.90 Å². The minimum absolute atomic E-state index is 0.0526. The molecule has 0 aliphatic heterocycles. The smallest absolute Gasteiger partial charge is 0.321 e. The Kier molecular flexibility index (Phi) is 5.93. The van der Waals surface area contributed by atoms with Crippen LogP contribution in [0.3, 0.4) is 0 Å². The SMILES string of the molecule is CN(CC(=O)OCc1ccccc1Cl)S(=O)(=O)c1ccc(F)cc1. The zero-order valence-corrected chi connectivity index (χ0v) is 14.3. The lowest BCUT2D eigenvalue weighted by Crippen LogP contribution is -2.33. The highest BCUT2D eigenvalue weighted by Crippen LogP contribution is 2.17. The van der Waals surface area contributed by atoms with Crippen LogP contribution in [0.4, 0.5) is 4.39 Å². The molecule has 0 aliphatic carbocycles. The van der Waals surface area contributed by atoms with Gasteiger partial charge in [0.2, 0.25) is 10.0 Å². The van der Waals surface area contributed by atoms with E-state index in [1.54, 1.807) is 24.3 Å². The van der Waals surface area contributed by atoms with Gasteiger partial charge in [-0.1, -0.05) is 29.8 Å². The lowest BCUT2D eigenvalue weighted by molar-refractivity contribution is -0.144. The maximum absolute atomic E-state index is 12.9. The predicted octanol–water partition coefficient (Wildman–Crippen LogP) is 2.84. The summed E-state index contributed by atoms with van der Waals surface area (Å²) in [7, 11) is -2.66. The number of benzene rings is 2. The zero-order chi connectivity index (χ0) is 17.7. The number of carbonyl (C=O) groups excluding carboxylic acids is 1. The van der Waals surface area contributed by atoms with Crippen LogP contribution < -0.4 is 0 Å². The molecule has 0 fully saturated rings. The molecule has 0 saturated heterocycles. The van der Waals surface area contributed by atoms with Crippen molar-refractivity contribution < 1.29 is 22.3 Å². The van der Waals surface area contributed by atoms with Crippen LogP contribution in [0.2, 0.25) is 5.02 Å². The molecular formula is C16H15ClFNO4S. The van der Waals surface area contributed by atoms with Gasteiger partial charge in [0, 0.05) is 17.6 Å². The second-order valence-corrected chi connectivity index (χ2v) is 7.42. The Hall–Kier alpha value is -1.96. The summed E-state index contributed by atoms with van der Waals surface area (Å²) < 4.78 is 43.3. The molecule has 0 aliphatic rings. The number of likely N-dealkylation sites (N-methyl/N-ethyl adjacent to an activating group) is 1. The number of nitrogens with zero attached hydrogens (tertiary/aromatic N) is 1.